The number of hydrogen-bond donors (Lipinski definition) is 2. The van der Waals surface area contributed by atoms with Gasteiger partial charge < -0.3 is 15.8 Å². The van der Waals surface area contributed by atoms with Crippen LogP contribution in [0.25, 0.3) is 0 Å². The van der Waals surface area contributed by atoms with Crippen molar-refractivity contribution in [3.63, 3.8) is 0 Å². The van der Waals surface area contributed by atoms with Crippen molar-refractivity contribution in [1.29, 1.82) is 0 Å². The summed E-state index contributed by atoms with van der Waals surface area (Å²) in [5.74, 6) is -0.342. The minimum Gasteiger partial charge on any atom is -0.494 e. The highest BCUT2D eigenvalue weighted by Crippen LogP contribution is 2.38. The van der Waals surface area contributed by atoms with Gasteiger partial charge in [0.1, 0.15) is 16.6 Å². The largest absolute Gasteiger partial charge is 0.494 e. The molecule has 0 spiro atoms. The van der Waals surface area contributed by atoms with Crippen molar-refractivity contribution in [3.05, 3.63) is 46.1 Å². The summed E-state index contributed by atoms with van der Waals surface area (Å²) in [6, 6.07) is 5.88. The fourth-order valence-corrected chi connectivity index (χ4v) is 4.61. The lowest BCUT2D eigenvalue weighted by Gasteiger charge is -2.16. The molecule has 6 nitrogen and oxygen atoms in total. The minimum absolute atomic E-state index is 0.177. The van der Waals surface area contributed by atoms with Crippen molar-refractivity contribution >= 4 is 28.2 Å². The molecule has 1 heterocycles. The molecule has 8 heteroatoms. The molecular formula is C20H24FN3O3S. The number of hydrogen-bond acceptors (Lipinski definition) is 5. The first-order chi connectivity index (χ1) is 13.4. The normalized spacial score (nSPS) is 12.8. The second-order valence-electron chi connectivity index (χ2n) is 6.87. The fourth-order valence-electron chi connectivity index (χ4n) is 3.30. The zero-order chi connectivity index (χ0) is 20.1. The monoisotopic (exact) mass is 405 g/mol. The molecule has 1 aromatic carbocycles. The van der Waals surface area contributed by atoms with Gasteiger partial charge in [0.25, 0.3) is 5.91 Å². The molecular weight excluding hydrogens is 381 g/mol. The van der Waals surface area contributed by atoms with Crippen LogP contribution in [0.1, 0.15) is 33.6 Å². The number of halogens is 1. The number of benzene rings is 1. The number of aryl methyl sites for hydroxylation is 1. The van der Waals surface area contributed by atoms with Gasteiger partial charge in [0, 0.05) is 11.4 Å². The Hall–Kier alpha value is -2.45. The highest BCUT2D eigenvalue weighted by Gasteiger charge is 2.26. The van der Waals surface area contributed by atoms with Gasteiger partial charge in [0.2, 0.25) is 5.91 Å². The van der Waals surface area contributed by atoms with E-state index in [2.05, 4.69) is 5.32 Å². The van der Waals surface area contributed by atoms with E-state index in [1.807, 2.05) is 11.9 Å². The maximum absolute atomic E-state index is 12.8. The molecule has 0 aliphatic heterocycles. The standard InChI is InChI=1S/C20H24FN3O3S/c1-24(10-3-11-27-14-8-6-13(21)7-9-14)12-17(25)23-20-18(19(22)26)15-4-2-5-16(15)28-20/h6-9H,2-5,10-12H2,1H3,(H2,22,26)(H,23,25). The van der Waals surface area contributed by atoms with Crippen LogP contribution in [-0.2, 0) is 17.6 Å². The number of rotatable bonds is 9. The van der Waals surface area contributed by atoms with Gasteiger partial charge in [0.15, 0.2) is 0 Å². The zero-order valence-electron chi connectivity index (χ0n) is 15.8. The van der Waals surface area contributed by atoms with Crippen LogP contribution in [0, 0.1) is 5.82 Å². The summed E-state index contributed by atoms with van der Waals surface area (Å²) in [5.41, 5.74) is 6.99. The highest BCUT2D eigenvalue weighted by molar-refractivity contribution is 7.17. The van der Waals surface area contributed by atoms with Gasteiger partial charge in [-0.05, 0) is 62.6 Å². The van der Waals surface area contributed by atoms with E-state index in [9.17, 15) is 14.0 Å². The third-order valence-electron chi connectivity index (χ3n) is 4.60. The number of carbonyl (C=O) groups is 2. The van der Waals surface area contributed by atoms with Crippen LogP contribution < -0.4 is 15.8 Å². The number of ether oxygens (including phenoxy) is 1. The van der Waals surface area contributed by atoms with Crippen LogP contribution in [0.5, 0.6) is 5.75 Å². The van der Waals surface area contributed by atoms with Crippen LogP contribution in [0.2, 0.25) is 0 Å². The lowest BCUT2D eigenvalue weighted by Crippen LogP contribution is -2.31. The van der Waals surface area contributed by atoms with Crippen molar-refractivity contribution in [1.82, 2.24) is 4.90 Å². The number of amides is 2. The molecule has 1 aromatic heterocycles. The Labute approximate surface area is 167 Å². The fraction of sp³-hybridized carbons (Fsp3) is 0.400. The van der Waals surface area contributed by atoms with Crippen LogP contribution in [0.4, 0.5) is 9.39 Å². The van der Waals surface area contributed by atoms with Crippen molar-refractivity contribution < 1.29 is 18.7 Å². The molecule has 1 aliphatic rings. The Morgan fingerprint density at radius 2 is 2.04 bits per heavy atom. The number of nitrogens with two attached hydrogens (primary N) is 1. The smallest absolute Gasteiger partial charge is 0.251 e. The van der Waals surface area contributed by atoms with Crippen molar-refractivity contribution in [3.8, 4) is 5.75 Å². The summed E-state index contributed by atoms with van der Waals surface area (Å²) in [5, 5.41) is 3.41. The Kier molecular flexibility index (Phi) is 6.64. The van der Waals surface area contributed by atoms with Crippen molar-refractivity contribution in [2.45, 2.75) is 25.7 Å². The van der Waals surface area contributed by atoms with Crippen LogP contribution in [-0.4, -0.2) is 43.5 Å². The van der Waals surface area contributed by atoms with E-state index in [-0.39, 0.29) is 18.3 Å². The quantitative estimate of drug-likeness (QED) is 0.629. The first kappa shape index (κ1) is 20.3. The number of nitrogens with one attached hydrogen (secondary N) is 1. The molecule has 0 saturated carbocycles. The molecule has 3 rings (SSSR count). The number of carbonyl (C=O) groups excluding carboxylic acids is 2. The summed E-state index contributed by atoms with van der Waals surface area (Å²) in [6.07, 6.45) is 3.53. The van der Waals surface area contributed by atoms with E-state index in [1.165, 1.54) is 23.5 Å². The average molecular weight is 405 g/mol. The maximum atomic E-state index is 12.8. The SMILES string of the molecule is CN(CCCOc1ccc(F)cc1)CC(=O)Nc1sc2c(c1C(N)=O)CCC2. The van der Waals surface area contributed by atoms with E-state index >= 15 is 0 Å². The predicted molar refractivity (Wildman–Crippen MR) is 108 cm³/mol. The summed E-state index contributed by atoms with van der Waals surface area (Å²) >= 11 is 1.45. The van der Waals surface area contributed by atoms with Gasteiger partial charge in [-0.15, -0.1) is 11.3 Å². The van der Waals surface area contributed by atoms with Crippen molar-refractivity contribution in [2.75, 3.05) is 32.1 Å². The first-order valence-corrected chi connectivity index (χ1v) is 10.1. The van der Waals surface area contributed by atoms with Crippen LogP contribution in [0.3, 0.4) is 0 Å². The first-order valence-electron chi connectivity index (χ1n) is 9.25. The summed E-state index contributed by atoms with van der Waals surface area (Å²) < 4.78 is 18.4. The molecule has 2 amide bonds. The van der Waals surface area contributed by atoms with Crippen LogP contribution in [0.15, 0.2) is 24.3 Å². The van der Waals surface area contributed by atoms with E-state index in [0.717, 1.165) is 36.1 Å². The summed E-state index contributed by atoms with van der Waals surface area (Å²) in [4.78, 5) is 27.2. The van der Waals surface area contributed by atoms with E-state index < -0.39 is 5.91 Å². The third-order valence-corrected chi connectivity index (χ3v) is 5.81. The second kappa shape index (κ2) is 9.16. The lowest BCUT2D eigenvalue weighted by molar-refractivity contribution is -0.117. The number of primary amides is 1. The molecule has 28 heavy (non-hydrogen) atoms. The molecule has 0 saturated heterocycles. The number of likely N-dealkylation sites (N-methyl/N-ethyl adjacent to an activating group) is 1. The van der Waals surface area contributed by atoms with Gasteiger partial charge in [-0.2, -0.15) is 0 Å². The van der Waals surface area contributed by atoms with E-state index in [0.29, 0.717) is 29.5 Å². The topological polar surface area (TPSA) is 84.7 Å². The van der Waals surface area contributed by atoms with Gasteiger partial charge in [-0.1, -0.05) is 0 Å². The van der Waals surface area contributed by atoms with Gasteiger partial charge in [-0.25, -0.2) is 4.39 Å². The van der Waals surface area contributed by atoms with Crippen LogP contribution >= 0.6 is 11.3 Å². The van der Waals surface area contributed by atoms with Crippen molar-refractivity contribution in [2.24, 2.45) is 5.73 Å². The highest BCUT2D eigenvalue weighted by atomic mass is 32.1. The molecule has 1 aliphatic carbocycles. The predicted octanol–water partition coefficient (Wildman–Crippen LogP) is 2.81. The molecule has 150 valence electrons. The Balaban J connectivity index is 1.43. The number of fused-ring (bicyclic) bond motifs is 1. The summed E-state index contributed by atoms with van der Waals surface area (Å²) in [7, 11) is 1.85. The number of anilines is 1. The number of thiophene rings is 1. The molecule has 0 fully saturated rings. The molecule has 0 radical (unpaired) electrons. The van der Waals surface area contributed by atoms with E-state index in [4.69, 9.17) is 10.5 Å². The number of nitrogens with zero attached hydrogens (tertiary/aromatic N) is 1. The second-order valence-corrected chi connectivity index (χ2v) is 7.97. The summed E-state index contributed by atoms with van der Waals surface area (Å²) in [6.45, 7) is 1.34. The maximum Gasteiger partial charge on any atom is 0.251 e. The average Bonchev–Trinajstić information content (AvgIpc) is 3.20. The Morgan fingerprint density at radius 3 is 2.75 bits per heavy atom. The molecule has 2 aromatic rings. The molecule has 0 atom stereocenters. The zero-order valence-corrected chi connectivity index (χ0v) is 16.6. The molecule has 0 unspecified atom stereocenters. The van der Waals surface area contributed by atoms with Gasteiger partial charge in [0.05, 0.1) is 18.7 Å². The minimum atomic E-state index is -0.485. The Morgan fingerprint density at radius 1 is 1.29 bits per heavy atom. The molecule has 3 N–H and O–H groups in total. The van der Waals surface area contributed by atoms with E-state index in [1.54, 1.807) is 12.1 Å². The third kappa shape index (κ3) is 5.08. The Bertz CT molecular complexity index is 851. The lowest BCUT2D eigenvalue weighted by atomic mass is 10.1. The van der Waals surface area contributed by atoms with Gasteiger partial charge in [-0.3, -0.25) is 14.5 Å². The van der Waals surface area contributed by atoms with Gasteiger partial charge >= 0.3 is 0 Å². The molecule has 0 bridgehead atoms.